The van der Waals surface area contributed by atoms with Gasteiger partial charge in [0, 0.05) is 26.0 Å². The van der Waals surface area contributed by atoms with Crippen LogP contribution in [-0.2, 0) is 20.8 Å². The normalized spacial score (nSPS) is 21.4. The van der Waals surface area contributed by atoms with Crippen molar-refractivity contribution in [1.82, 2.24) is 10.2 Å². The minimum absolute atomic E-state index is 0.0508. The Morgan fingerprint density at radius 2 is 1.85 bits per heavy atom. The first-order valence-electron chi connectivity index (χ1n) is 12.1. The number of carbonyl (C=O) groups is 2. The zero-order valence-electron chi connectivity index (χ0n) is 22.0. The monoisotopic (exact) mass is 474 g/mol. The van der Waals surface area contributed by atoms with Gasteiger partial charge in [0.2, 0.25) is 5.91 Å². The Morgan fingerprint density at radius 1 is 1.21 bits per heavy atom. The molecule has 0 radical (unpaired) electrons. The first-order chi connectivity index (χ1) is 16.0. The number of nitrogens with zero attached hydrogens (tertiary/aromatic N) is 1. The maximum absolute atomic E-state index is 13.3. The smallest absolute Gasteiger partial charge is 0.408 e. The van der Waals surface area contributed by atoms with Crippen molar-refractivity contribution < 1.29 is 23.8 Å². The van der Waals surface area contributed by atoms with Gasteiger partial charge in [-0.3, -0.25) is 4.79 Å². The number of alkyl carbamates (subject to hydrolysis) is 1. The van der Waals surface area contributed by atoms with Gasteiger partial charge < -0.3 is 24.4 Å². The van der Waals surface area contributed by atoms with Crippen LogP contribution in [0.2, 0.25) is 0 Å². The van der Waals surface area contributed by atoms with Gasteiger partial charge in [0.05, 0.1) is 24.8 Å². The highest BCUT2D eigenvalue weighted by Crippen LogP contribution is 2.37. The summed E-state index contributed by atoms with van der Waals surface area (Å²) in [6.07, 6.45) is 5.47. The molecule has 0 bridgehead atoms. The van der Waals surface area contributed by atoms with Crippen molar-refractivity contribution in [3.05, 3.63) is 42.0 Å². The summed E-state index contributed by atoms with van der Waals surface area (Å²) >= 11 is 0. The van der Waals surface area contributed by atoms with Crippen molar-refractivity contribution in [3.8, 4) is 5.75 Å². The predicted octanol–water partition coefficient (Wildman–Crippen LogP) is 5.09. The minimum atomic E-state index is -0.696. The number of benzene rings is 1. The van der Waals surface area contributed by atoms with Crippen molar-refractivity contribution in [2.75, 3.05) is 14.2 Å². The molecule has 1 heterocycles. The Kier molecular flexibility index (Phi) is 9.56. The lowest BCUT2D eigenvalue weighted by Gasteiger charge is -2.44. The Labute approximate surface area is 204 Å². The number of rotatable bonds is 10. The van der Waals surface area contributed by atoms with Crippen LogP contribution >= 0.6 is 0 Å². The van der Waals surface area contributed by atoms with E-state index in [9.17, 15) is 9.59 Å². The molecule has 0 aromatic heterocycles. The average Bonchev–Trinajstić information content (AvgIpc) is 3.06. The fraction of sp³-hybridized carbons (Fsp3) is 0.630. The topological polar surface area (TPSA) is 77.1 Å². The van der Waals surface area contributed by atoms with Crippen molar-refractivity contribution in [1.29, 1.82) is 0 Å². The van der Waals surface area contributed by atoms with E-state index in [1.807, 2.05) is 69.9 Å². The molecule has 0 spiro atoms. The Bertz CT molecular complexity index is 846. The van der Waals surface area contributed by atoms with E-state index in [2.05, 4.69) is 18.3 Å². The summed E-state index contributed by atoms with van der Waals surface area (Å²) in [5, 5.41) is 3.10. The first-order valence-corrected chi connectivity index (χ1v) is 12.1. The van der Waals surface area contributed by atoms with Crippen LogP contribution in [0.1, 0.15) is 66.4 Å². The van der Waals surface area contributed by atoms with Crippen molar-refractivity contribution in [2.24, 2.45) is 5.92 Å². The number of ether oxygens (including phenoxy) is 3. The second-order valence-electron chi connectivity index (χ2n) is 10.1. The molecular formula is C27H42N2O5. The first kappa shape index (κ1) is 27.7. The number of hydrogen-bond donors (Lipinski definition) is 1. The van der Waals surface area contributed by atoms with Crippen molar-refractivity contribution in [3.63, 3.8) is 0 Å². The standard InChI is InChI=1S/C27H42N2O5/c1-9-11-20-17-22(30)29(18-19-12-14-21(32-7)15-13-19)23(20)24(27(6,33-8)16-10-2)28-25(31)34-26(3,4)5/h9,11-15,20,23-24H,10,16-18H2,1-8H3,(H,28,31)/b11-9-/t20-,23-,24-,27+/m1/s1. The molecule has 1 fully saturated rings. The van der Waals surface area contributed by atoms with Crippen LogP contribution in [0.15, 0.2) is 36.4 Å². The lowest BCUT2D eigenvalue weighted by Crippen LogP contribution is -2.63. The van der Waals surface area contributed by atoms with E-state index in [4.69, 9.17) is 14.2 Å². The quantitative estimate of drug-likeness (QED) is 0.478. The van der Waals surface area contributed by atoms with E-state index >= 15 is 0 Å². The number of amides is 2. The summed E-state index contributed by atoms with van der Waals surface area (Å²) in [4.78, 5) is 28.1. The Balaban J connectivity index is 2.49. The summed E-state index contributed by atoms with van der Waals surface area (Å²) < 4.78 is 16.9. The van der Waals surface area contributed by atoms with E-state index in [0.717, 1.165) is 17.7 Å². The molecule has 1 saturated heterocycles. The van der Waals surface area contributed by atoms with Crippen LogP contribution in [0.5, 0.6) is 5.75 Å². The van der Waals surface area contributed by atoms with Crippen LogP contribution in [0, 0.1) is 5.92 Å². The molecule has 7 nitrogen and oxygen atoms in total. The van der Waals surface area contributed by atoms with Gasteiger partial charge in [-0.25, -0.2) is 4.79 Å². The van der Waals surface area contributed by atoms with Crippen LogP contribution in [-0.4, -0.2) is 54.4 Å². The van der Waals surface area contributed by atoms with Gasteiger partial charge in [0.1, 0.15) is 11.4 Å². The molecule has 1 aliphatic rings. The third kappa shape index (κ3) is 6.98. The number of hydrogen-bond acceptors (Lipinski definition) is 5. The van der Waals surface area contributed by atoms with Crippen LogP contribution in [0.25, 0.3) is 0 Å². The third-order valence-electron chi connectivity index (χ3n) is 6.37. The van der Waals surface area contributed by atoms with Gasteiger partial charge in [-0.05, 0) is 58.7 Å². The minimum Gasteiger partial charge on any atom is -0.497 e. The van der Waals surface area contributed by atoms with E-state index in [-0.39, 0.29) is 17.9 Å². The fourth-order valence-corrected chi connectivity index (χ4v) is 4.73. The number of likely N-dealkylation sites (tertiary alicyclic amines) is 1. The van der Waals surface area contributed by atoms with E-state index in [1.54, 1.807) is 14.2 Å². The molecule has 0 saturated carbocycles. The largest absolute Gasteiger partial charge is 0.497 e. The highest BCUT2D eigenvalue weighted by atomic mass is 16.6. The second-order valence-corrected chi connectivity index (χ2v) is 10.1. The Morgan fingerprint density at radius 3 is 2.35 bits per heavy atom. The number of nitrogens with one attached hydrogen (secondary N) is 1. The number of allylic oxidation sites excluding steroid dienone is 1. The predicted molar refractivity (Wildman–Crippen MR) is 134 cm³/mol. The molecule has 2 rings (SSSR count). The van der Waals surface area contributed by atoms with Gasteiger partial charge in [-0.15, -0.1) is 0 Å². The summed E-state index contributed by atoms with van der Waals surface area (Å²) in [6.45, 7) is 12.0. The van der Waals surface area contributed by atoms with E-state index in [1.165, 1.54) is 0 Å². The highest BCUT2D eigenvalue weighted by molar-refractivity contribution is 5.80. The molecule has 4 atom stereocenters. The fourth-order valence-electron chi connectivity index (χ4n) is 4.73. The maximum Gasteiger partial charge on any atom is 0.408 e. The average molecular weight is 475 g/mol. The molecule has 1 N–H and O–H groups in total. The van der Waals surface area contributed by atoms with Gasteiger partial charge >= 0.3 is 6.09 Å². The van der Waals surface area contributed by atoms with Crippen LogP contribution in [0.3, 0.4) is 0 Å². The third-order valence-corrected chi connectivity index (χ3v) is 6.37. The summed E-state index contributed by atoms with van der Waals surface area (Å²) in [5.41, 5.74) is -0.343. The molecule has 1 aromatic carbocycles. The van der Waals surface area contributed by atoms with Gasteiger partial charge in [0.15, 0.2) is 0 Å². The molecular weight excluding hydrogens is 432 g/mol. The van der Waals surface area contributed by atoms with Crippen molar-refractivity contribution in [2.45, 2.75) is 90.6 Å². The summed E-state index contributed by atoms with van der Waals surface area (Å²) in [7, 11) is 3.29. The molecule has 34 heavy (non-hydrogen) atoms. The zero-order valence-corrected chi connectivity index (χ0v) is 22.0. The van der Waals surface area contributed by atoms with Crippen LogP contribution < -0.4 is 10.1 Å². The summed E-state index contributed by atoms with van der Waals surface area (Å²) in [5.74, 6) is 0.746. The Hall–Kier alpha value is -2.54. The molecule has 0 unspecified atom stereocenters. The molecule has 2 amide bonds. The highest BCUT2D eigenvalue weighted by Gasteiger charge is 2.50. The van der Waals surface area contributed by atoms with Gasteiger partial charge in [0.25, 0.3) is 0 Å². The van der Waals surface area contributed by atoms with E-state index in [0.29, 0.717) is 19.4 Å². The molecule has 1 aliphatic heterocycles. The lowest BCUT2D eigenvalue weighted by molar-refractivity contribution is -0.131. The molecule has 190 valence electrons. The van der Waals surface area contributed by atoms with Crippen molar-refractivity contribution >= 4 is 12.0 Å². The zero-order chi connectivity index (χ0) is 25.5. The molecule has 1 aromatic rings. The SMILES string of the molecule is C/C=C\[C@@H]1CC(=O)N(Cc2ccc(OC)cc2)[C@H]1[C@@H](NC(=O)OC(C)(C)C)[C@](C)(CCC)OC. The summed E-state index contributed by atoms with van der Waals surface area (Å²) in [6, 6.07) is 6.93. The van der Waals surface area contributed by atoms with Crippen LogP contribution in [0.4, 0.5) is 4.79 Å². The molecule has 7 heteroatoms. The molecule has 0 aliphatic carbocycles. The lowest BCUT2D eigenvalue weighted by atomic mass is 9.81. The number of carbonyl (C=O) groups excluding carboxylic acids is 2. The maximum atomic E-state index is 13.3. The number of methoxy groups -OCH3 is 2. The van der Waals surface area contributed by atoms with Gasteiger partial charge in [-0.1, -0.05) is 37.6 Å². The van der Waals surface area contributed by atoms with E-state index < -0.39 is 23.3 Å². The van der Waals surface area contributed by atoms with Gasteiger partial charge in [-0.2, -0.15) is 0 Å². The second kappa shape index (κ2) is 11.7.